The van der Waals surface area contributed by atoms with Crippen LogP contribution in [-0.2, 0) is 16.0 Å². The van der Waals surface area contributed by atoms with E-state index in [1.807, 2.05) is 24.3 Å². The third-order valence-corrected chi connectivity index (χ3v) is 4.06. The molecule has 0 aromatic heterocycles. The summed E-state index contributed by atoms with van der Waals surface area (Å²) in [6, 6.07) is 10.9. The van der Waals surface area contributed by atoms with E-state index in [1.54, 1.807) is 40.6 Å². The maximum Gasteiger partial charge on any atom is 0.224 e. The first kappa shape index (κ1) is 21.4. The fraction of sp³-hybridized carbons (Fsp3) is 0.381. The standard InChI is InChI=1S/C21H27NO6/c1-24-11-12-28-17-8-6-16(7-9-17)22-20(23)10-5-15-13-18(25-2)21(27-4)19(14-15)26-3/h6-9,13-14H,5,10-12H2,1-4H3,(H,22,23). The molecule has 0 fully saturated rings. The summed E-state index contributed by atoms with van der Waals surface area (Å²) >= 11 is 0. The third kappa shape index (κ3) is 6.06. The van der Waals surface area contributed by atoms with Gasteiger partial charge in [-0.25, -0.2) is 0 Å². The van der Waals surface area contributed by atoms with Crippen LogP contribution in [0, 0.1) is 0 Å². The first-order valence-electron chi connectivity index (χ1n) is 8.91. The van der Waals surface area contributed by atoms with E-state index in [0.29, 0.717) is 49.0 Å². The summed E-state index contributed by atoms with van der Waals surface area (Å²) in [5, 5.41) is 2.88. The van der Waals surface area contributed by atoms with Gasteiger partial charge in [0, 0.05) is 19.2 Å². The summed E-state index contributed by atoms with van der Waals surface area (Å²) in [6.45, 7) is 1.01. The predicted molar refractivity (Wildman–Crippen MR) is 107 cm³/mol. The van der Waals surface area contributed by atoms with Crippen molar-refractivity contribution in [2.45, 2.75) is 12.8 Å². The van der Waals surface area contributed by atoms with Gasteiger partial charge in [0.1, 0.15) is 12.4 Å². The second-order valence-corrected chi connectivity index (χ2v) is 5.95. The largest absolute Gasteiger partial charge is 0.493 e. The van der Waals surface area contributed by atoms with Crippen LogP contribution in [0.25, 0.3) is 0 Å². The summed E-state index contributed by atoms with van der Waals surface area (Å²) < 4.78 is 26.4. The second kappa shape index (κ2) is 11.0. The lowest BCUT2D eigenvalue weighted by molar-refractivity contribution is -0.116. The maximum atomic E-state index is 12.3. The molecule has 0 saturated heterocycles. The van der Waals surface area contributed by atoms with Gasteiger partial charge in [0.25, 0.3) is 0 Å². The number of anilines is 1. The van der Waals surface area contributed by atoms with Gasteiger partial charge in [0.15, 0.2) is 11.5 Å². The number of carbonyl (C=O) groups is 1. The van der Waals surface area contributed by atoms with Crippen molar-refractivity contribution in [1.82, 2.24) is 0 Å². The topological polar surface area (TPSA) is 75.3 Å². The normalized spacial score (nSPS) is 10.3. The van der Waals surface area contributed by atoms with Gasteiger partial charge in [0.2, 0.25) is 11.7 Å². The number of rotatable bonds is 11. The van der Waals surface area contributed by atoms with E-state index in [-0.39, 0.29) is 5.91 Å². The Morgan fingerprint density at radius 1 is 0.893 bits per heavy atom. The van der Waals surface area contributed by atoms with Gasteiger partial charge < -0.3 is 29.0 Å². The molecule has 0 bridgehead atoms. The van der Waals surface area contributed by atoms with Crippen LogP contribution in [0.15, 0.2) is 36.4 Å². The highest BCUT2D eigenvalue weighted by Crippen LogP contribution is 2.38. The smallest absolute Gasteiger partial charge is 0.224 e. The molecule has 1 amide bonds. The monoisotopic (exact) mass is 389 g/mol. The Labute approximate surface area is 165 Å². The minimum Gasteiger partial charge on any atom is -0.493 e. The fourth-order valence-corrected chi connectivity index (χ4v) is 2.64. The molecule has 1 N–H and O–H groups in total. The molecule has 2 aromatic rings. The number of methoxy groups -OCH3 is 4. The minimum absolute atomic E-state index is 0.0817. The van der Waals surface area contributed by atoms with Crippen molar-refractivity contribution in [3.63, 3.8) is 0 Å². The Hall–Kier alpha value is -2.93. The zero-order valence-corrected chi connectivity index (χ0v) is 16.7. The molecule has 0 atom stereocenters. The number of carbonyl (C=O) groups excluding carboxylic acids is 1. The number of benzene rings is 2. The third-order valence-electron chi connectivity index (χ3n) is 4.06. The summed E-state index contributed by atoms with van der Waals surface area (Å²) in [5.41, 5.74) is 1.64. The molecule has 0 heterocycles. The van der Waals surface area contributed by atoms with Crippen molar-refractivity contribution in [2.75, 3.05) is 47.0 Å². The summed E-state index contributed by atoms with van der Waals surface area (Å²) in [6.07, 6.45) is 0.867. The molecule has 28 heavy (non-hydrogen) atoms. The van der Waals surface area contributed by atoms with E-state index in [4.69, 9.17) is 23.7 Å². The van der Waals surface area contributed by atoms with Crippen LogP contribution in [0.1, 0.15) is 12.0 Å². The van der Waals surface area contributed by atoms with Crippen molar-refractivity contribution >= 4 is 11.6 Å². The average Bonchev–Trinajstić information content (AvgIpc) is 2.72. The molecule has 7 heteroatoms. The number of hydrogen-bond acceptors (Lipinski definition) is 6. The molecule has 0 spiro atoms. The van der Waals surface area contributed by atoms with Crippen molar-refractivity contribution in [2.24, 2.45) is 0 Å². The lowest BCUT2D eigenvalue weighted by Gasteiger charge is -2.14. The number of aryl methyl sites for hydroxylation is 1. The number of hydrogen-bond donors (Lipinski definition) is 1. The van der Waals surface area contributed by atoms with Crippen molar-refractivity contribution in [1.29, 1.82) is 0 Å². The first-order valence-corrected chi connectivity index (χ1v) is 8.91. The Kier molecular flexibility index (Phi) is 8.42. The van der Waals surface area contributed by atoms with Crippen molar-refractivity contribution in [3.05, 3.63) is 42.0 Å². The molecule has 0 aliphatic carbocycles. The number of ether oxygens (including phenoxy) is 5. The van der Waals surface area contributed by atoms with Gasteiger partial charge in [-0.3, -0.25) is 4.79 Å². The van der Waals surface area contributed by atoms with Gasteiger partial charge >= 0.3 is 0 Å². The Balaban J connectivity index is 1.91. The number of amides is 1. The SMILES string of the molecule is COCCOc1ccc(NC(=O)CCc2cc(OC)c(OC)c(OC)c2)cc1. The molecule has 2 rings (SSSR count). The molecule has 7 nitrogen and oxygen atoms in total. The highest BCUT2D eigenvalue weighted by molar-refractivity contribution is 5.90. The van der Waals surface area contributed by atoms with Crippen LogP contribution in [-0.4, -0.2) is 47.6 Å². The molecule has 0 aliphatic heterocycles. The van der Waals surface area contributed by atoms with E-state index in [0.717, 1.165) is 11.3 Å². The minimum atomic E-state index is -0.0817. The van der Waals surface area contributed by atoms with Crippen LogP contribution < -0.4 is 24.3 Å². The van der Waals surface area contributed by atoms with E-state index >= 15 is 0 Å². The molecule has 0 radical (unpaired) electrons. The fourth-order valence-electron chi connectivity index (χ4n) is 2.64. The Morgan fingerprint density at radius 3 is 2.07 bits per heavy atom. The summed E-state index contributed by atoms with van der Waals surface area (Å²) in [4.78, 5) is 12.3. The predicted octanol–water partition coefficient (Wildman–Crippen LogP) is 3.31. The summed E-state index contributed by atoms with van der Waals surface area (Å²) in [7, 11) is 6.31. The zero-order valence-electron chi connectivity index (χ0n) is 16.7. The molecule has 152 valence electrons. The lowest BCUT2D eigenvalue weighted by Crippen LogP contribution is -2.12. The van der Waals surface area contributed by atoms with Crippen LogP contribution >= 0.6 is 0 Å². The quantitative estimate of drug-likeness (QED) is 0.595. The van der Waals surface area contributed by atoms with E-state index in [2.05, 4.69) is 5.32 Å². The van der Waals surface area contributed by atoms with Crippen molar-refractivity contribution < 1.29 is 28.5 Å². The summed E-state index contributed by atoms with van der Waals surface area (Å²) in [5.74, 6) is 2.32. The van der Waals surface area contributed by atoms with E-state index < -0.39 is 0 Å². The molecule has 0 unspecified atom stereocenters. The highest BCUT2D eigenvalue weighted by Gasteiger charge is 2.14. The van der Waals surface area contributed by atoms with Gasteiger partial charge in [-0.15, -0.1) is 0 Å². The second-order valence-electron chi connectivity index (χ2n) is 5.95. The van der Waals surface area contributed by atoms with E-state index in [9.17, 15) is 4.79 Å². The van der Waals surface area contributed by atoms with Crippen LogP contribution in [0.5, 0.6) is 23.0 Å². The highest BCUT2D eigenvalue weighted by atomic mass is 16.5. The van der Waals surface area contributed by atoms with Gasteiger partial charge in [-0.1, -0.05) is 0 Å². The number of nitrogens with one attached hydrogen (secondary N) is 1. The first-order chi connectivity index (χ1) is 13.6. The van der Waals surface area contributed by atoms with Crippen LogP contribution in [0.2, 0.25) is 0 Å². The molecular formula is C21H27NO6. The average molecular weight is 389 g/mol. The maximum absolute atomic E-state index is 12.3. The van der Waals surface area contributed by atoms with Gasteiger partial charge in [0.05, 0.1) is 27.9 Å². The van der Waals surface area contributed by atoms with Crippen molar-refractivity contribution in [3.8, 4) is 23.0 Å². The van der Waals surface area contributed by atoms with Gasteiger partial charge in [-0.2, -0.15) is 0 Å². The molecular weight excluding hydrogens is 362 g/mol. The van der Waals surface area contributed by atoms with E-state index in [1.165, 1.54) is 0 Å². The van der Waals surface area contributed by atoms with Gasteiger partial charge in [-0.05, 0) is 48.4 Å². The van der Waals surface area contributed by atoms with Crippen LogP contribution in [0.4, 0.5) is 5.69 Å². The molecule has 2 aromatic carbocycles. The van der Waals surface area contributed by atoms with Crippen LogP contribution in [0.3, 0.4) is 0 Å². The lowest BCUT2D eigenvalue weighted by atomic mass is 10.1. The Bertz CT molecular complexity index is 735. The molecule has 0 saturated carbocycles. The molecule has 0 aliphatic rings. The Morgan fingerprint density at radius 2 is 1.54 bits per heavy atom. The zero-order chi connectivity index (χ0) is 20.4.